The molecule has 3 heterocycles. The molecule has 0 bridgehead atoms. The van der Waals surface area contributed by atoms with Crippen molar-refractivity contribution in [2.75, 3.05) is 30.4 Å². The maximum absolute atomic E-state index is 4.46. The van der Waals surface area contributed by atoms with Gasteiger partial charge in [-0.15, -0.1) is 0 Å². The van der Waals surface area contributed by atoms with Gasteiger partial charge in [0, 0.05) is 55.5 Å². The molecular formula is C18H29N7. The van der Waals surface area contributed by atoms with Crippen LogP contribution in [0.1, 0.15) is 44.9 Å². The highest BCUT2D eigenvalue weighted by molar-refractivity contribution is 5.49. The van der Waals surface area contributed by atoms with Gasteiger partial charge >= 0.3 is 0 Å². The molecule has 1 unspecified atom stereocenters. The number of aromatic amines is 1. The smallest absolute Gasteiger partial charge is 0.134 e. The van der Waals surface area contributed by atoms with Gasteiger partial charge in [0.05, 0.1) is 6.20 Å². The van der Waals surface area contributed by atoms with E-state index < -0.39 is 0 Å². The van der Waals surface area contributed by atoms with E-state index in [-0.39, 0.29) is 5.41 Å². The number of aromatic nitrogens is 4. The molecule has 7 nitrogen and oxygen atoms in total. The number of rotatable bonds is 6. The first-order valence-electron chi connectivity index (χ1n) is 8.99. The second kappa shape index (κ2) is 7.39. The van der Waals surface area contributed by atoms with E-state index in [0.717, 1.165) is 31.3 Å². The average Bonchev–Trinajstić information content (AvgIpc) is 3.24. The Balaban J connectivity index is 1.60. The van der Waals surface area contributed by atoms with Gasteiger partial charge in [-0.2, -0.15) is 5.10 Å². The minimum absolute atomic E-state index is 0.0808. The molecule has 0 aliphatic carbocycles. The van der Waals surface area contributed by atoms with Crippen LogP contribution < -0.4 is 15.5 Å². The number of H-pyrrole nitrogens is 1. The number of nitrogens with zero attached hydrogens (tertiary/aromatic N) is 4. The first-order chi connectivity index (χ1) is 12.0. The van der Waals surface area contributed by atoms with Crippen LogP contribution in [-0.4, -0.2) is 46.3 Å². The monoisotopic (exact) mass is 343 g/mol. The van der Waals surface area contributed by atoms with Crippen LogP contribution in [-0.2, 0) is 12.0 Å². The highest BCUT2D eigenvalue weighted by atomic mass is 15.2. The fourth-order valence-corrected chi connectivity index (χ4v) is 3.46. The molecular weight excluding hydrogens is 314 g/mol. The van der Waals surface area contributed by atoms with Crippen LogP contribution in [0.25, 0.3) is 0 Å². The molecule has 0 radical (unpaired) electrons. The molecule has 7 heteroatoms. The van der Waals surface area contributed by atoms with Crippen molar-refractivity contribution in [1.82, 2.24) is 25.5 Å². The maximum Gasteiger partial charge on any atom is 0.134 e. The van der Waals surface area contributed by atoms with Crippen molar-refractivity contribution < 1.29 is 0 Å². The molecule has 25 heavy (non-hydrogen) atoms. The number of anilines is 2. The van der Waals surface area contributed by atoms with Crippen molar-refractivity contribution in [3.05, 3.63) is 29.8 Å². The third-order valence-corrected chi connectivity index (χ3v) is 4.74. The summed E-state index contributed by atoms with van der Waals surface area (Å²) in [5.74, 6) is 1.86. The van der Waals surface area contributed by atoms with Gasteiger partial charge < -0.3 is 15.5 Å². The van der Waals surface area contributed by atoms with Crippen LogP contribution in [0.3, 0.4) is 0 Å². The predicted molar refractivity (Wildman–Crippen MR) is 101 cm³/mol. The van der Waals surface area contributed by atoms with E-state index in [9.17, 15) is 0 Å². The molecule has 0 spiro atoms. The lowest BCUT2D eigenvalue weighted by Gasteiger charge is -2.26. The number of hydrogen-bond acceptors (Lipinski definition) is 6. The van der Waals surface area contributed by atoms with Gasteiger partial charge in [-0.05, 0) is 12.8 Å². The minimum Gasteiger partial charge on any atom is -0.373 e. The molecule has 2 aromatic heterocycles. The van der Waals surface area contributed by atoms with E-state index >= 15 is 0 Å². The quantitative estimate of drug-likeness (QED) is 0.747. The predicted octanol–water partition coefficient (Wildman–Crippen LogP) is 2.30. The van der Waals surface area contributed by atoms with Gasteiger partial charge in [0.1, 0.15) is 18.0 Å². The Kier molecular flexibility index (Phi) is 5.22. The Morgan fingerprint density at radius 2 is 2.16 bits per heavy atom. The van der Waals surface area contributed by atoms with Crippen molar-refractivity contribution in [3.63, 3.8) is 0 Å². The molecule has 3 rings (SSSR count). The van der Waals surface area contributed by atoms with Crippen molar-refractivity contribution in [1.29, 1.82) is 0 Å². The van der Waals surface area contributed by atoms with Crippen LogP contribution in [0.4, 0.5) is 11.6 Å². The van der Waals surface area contributed by atoms with E-state index in [4.69, 9.17) is 0 Å². The molecule has 0 saturated carbocycles. The van der Waals surface area contributed by atoms with Gasteiger partial charge in [0.25, 0.3) is 0 Å². The van der Waals surface area contributed by atoms with Crippen molar-refractivity contribution >= 4 is 11.6 Å². The van der Waals surface area contributed by atoms with Gasteiger partial charge in [0.15, 0.2) is 0 Å². The summed E-state index contributed by atoms with van der Waals surface area (Å²) in [4.78, 5) is 11.0. The average molecular weight is 343 g/mol. The van der Waals surface area contributed by atoms with E-state index in [2.05, 4.69) is 56.5 Å². The van der Waals surface area contributed by atoms with Crippen LogP contribution in [0.5, 0.6) is 0 Å². The topological polar surface area (TPSA) is 81.8 Å². The summed E-state index contributed by atoms with van der Waals surface area (Å²) < 4.78 is 0. The Labute approximate surface area is 149 Å². The zero-order chi connectivity index (χ0) is 17.9. The van der Waals surface area contributed by atoms with Crippen molar-refractivity contribution in [2.24, 2.45) is 0 Å². The second-order valence-corrected chi connectivity index (χ2v) is 7.65. The maximum atomic E-state index is 4.46. The lowest BCUT2D eigenvalue weighted by molar-refractivity contribution is 0.540. The molecule has 136 valence electrons. The Morgan fingerprint density at radius 1 is 1.32 bits per heavy atom. The Bertz CT molecular complexity index is 689. The summed E-state index contributed by atoms with van der Waals surface area (Å²) >= 11 is 0. The van der Waals surface area contributed by atoms with Crippen molar-refractivity contribution in [2.45, 2.75) is 51.6 Å². The summed E-state index contributed by atoms with van der Waals surface area (Å²) in [5, 5.41) is 14.1. The second-order valence-electron chi connectivity index (χ2n) is 7.65. The molecule has 1 aliphatic rings. The molecule has 0 amide bonds. The van der Waals surface area contributed by atoms with Crippen LogP contribution in [0, 0.1) is 0 Å². The zero-order valence-electron chi connectivity index (χ0n) is 15.6. The Hall–Kier alpha value is -2.15. The summed E-state index contributed by atoms with van der Waals surface area (Å²) in [6.45, 7) is 9.43. The van der Waals surface area contributed by atoms with Crippen LogP contribution >= 0.6 is 0 Å². The van der Waals surface area contributed by atoms with Gasteiger partial charge in [-0.1, -0.05) is 20.8 Å². The van der Waals surface area contributed by atoms with Crippen molar-refractivity contribution in [3.8, 4) is 0 Å². The molecule has 3 N–H and O–H groups in total. The Morgan fingerprint density at radius 3 is 2.92 bits per heavy atom. The lowest BCUT2D eigenvalue weighted by atomic mass is 9.89. The fourth-order valence-electron chi connectivity index (χ4n) is 3.46. The molecule has 1 saturated heterocycles. The van der Waals surface area contributed by atoms with Gasteiger partial charge in [-0.25, -0.2) is 9.97 Å². The fraction of sp³-hybridized carbons (Fsp3) is 0.611. The molecule has 1 atom stereocenters. The van der Waals surface area contributed by atoms with E-state index in [1.807, 2.05) is 19.3 Å². The molecule has 1 aliphatic heterocycles. The molecule has 1 fully saturated rings. The van der Waals surface area contributed by atoms with Crippen LogP contribution in [0.15, 0.2) is 18.6 Å². The SMILES string of the molecule is CNc1cc(N2CCCC2CNCc2cn[nH]c2C(C)(C)C)ncn1. The summed E-state index contributed by atoms with van der Waals surface area (Å²) in [6, 6.07) is 2.48. The third-order valence-electron chi connectivity index (χ3n) is 4.74. The van der Waals surface area contributed by atoms with E-state index in [1.54, 1.807) is 6.33 Å². The van der Waals surface area contributed by atoms with E-state index in [1.165, 1.54) is 24.1 Å². The number of nitrogens with one attached hydrogen (secondary N) is 3. The largest absolute Gasteiger partial charge is 0.373 e. The van der Waals surface area contributed by atoms with E-state index in [0.29, 0.717) is 6.04 Å². The highest BCUT2D eigenvalue weighted by Gasteiger charge is 2.26. The number of hydrogen-bond donors (Lipinski definition) is 3. The normalized spacial score (nSPS) is 17.9. The zero-order valence-corrected chi connectivity index (χ0v) is 15.6. The van der Waals surface area contributed by atoms with Gasteiger partial charge in [-0.3, -0.25) is 5.10 Å². The molecule has 0 aromatic carbocycles. The van der Waals surface area contributed by atoms with Gasteiger partial charge in [0.2, 0.25) is 0 Å². The third kappa shape index (κ3) is 4.10. The summed E-state index contributed by atoms with van der Waals surface area (Å²) in [5.41, 5.74) is 2.53. The first kappa shape index (κ1) is 17.7. The highest BCUT2D eigenvalue weighted by Crippen LogP contribution is 2.25. The minimum atomic E-state index is 0.0808. The standard InChI is InChI=1S/C18H29N7/c1-18(2,3)17-13(10-23-24-17)9-20-11-14-6-5-7-25(14)16-8-15(19-4)21-12-22-16/h8,10,12,14,20H,5-7,9,11H2,1-4H3,(H,23,24)(H,19,21,22). The van der Waals surface area contributed by atoms with Crippen LogP contribution in [0.2, 0.25) is 0 Å². The summed E-state index contributed by atoms with van der Waals surface area (Å²) in [6.07, 6.45) is 5.95. The summed E-state index contributed by atoms with van der Waals surface area (Å²) in [7, 11) is 1.88. The molecule has 2 aromatic rings. The lowest BCUT2D eigenvalue weighted by Crippen LogP contribution is -2.38. The first-order valence-corrected chi connectivity index (χ1v) is 8.99.